The van der Waals surface area contributed by atoms with Gasteiger partial charge in [-0.3, -0.25) is 9.59 Å². The molecule has 0 aromatic heterocycles. The van der Waals surface area contributed by atoms with Gasteiger partial charge in [-0.2, -0.15) is 0 Å². The van der Waals surface area contributed by atoms with Gasteiger partial charge in [-0.1, -0.05) is 29.8 Å². The maximum absolute atomic E-state index is 12.5. The number of rotatable bonds is 5. The molecule has 1 atom stereocenters. The van der Waals surface area contributed by atoms with Crippen LogP contribution in [0.3, 0.4) is 0 Å². The van der Waals surface area contributed by atoms with Gasteiger partial charge in [-0.15, -0.1) is 0 Å². The molecule has 0 spiro atoms. The summed E-state index contributed by atoms with van der Waals surface area (Å²) in [6.07, 6.45) is 1.45. The van der Waals surface area contributed by atoms with Crippen molar-refractivity contribution in [2.75, 3.05) is 18.5 Å². The number of nitrogens with zero attached hydrogens (tertiary/aromatic N) is 1. The highest BCUT2D eigenvalue weighted by Gasteiger charge is 2.34. The van der Waals surface area contributed by atoms with Crippen LogP contribution in [-0.2, 0) is 9.59 Å². The van der Waals surface area contributed by atoms with Crippen LogP contribution in [0.5, 0.6) is 5.75 Å². The third kappa shape index (κ3) is 4.51. The Labute approximate surface area is 151 Å². The minimum Gasteiger partial charge on any atom is -0.484 e. The highest BCUT2D eigenvalue weighted by Crippen LogP contribution is 2.21. The van der Waals surface area contributed by atoms with Crippen LogP contribution in [0.1, 0.15) is 12.8 Å². The first-order valence-electron chi connectivity index (χ1n) is 8.17. The van der Waals surface area contributed by atoms with E-state index in [4.69, 9.17) is 16.3 Å². The van der Waals surface area contributed by atoms with E-state index in [1.54, 1.807) is 41.3 Å². The summed E-state index contributed by atoms with van der Waals surface area (Å²) >= 11 is 5.85. The minimum absolute atomic E-state index is 0.0747. The van der Waals surface area contributed by atoms with Crippen LogP contribution < -0.4 is 10.1 Å². The lowest BCUT2D eigenvalue weighted by atomic mass is 10.2. The Balaban J connectivity index is 1.58. The quantitative estimate of drug-likeness (QED) is 0.891. The van der Waals surface area contributed by atoms with Gasteiger partial charge in [0.25, 0.3) is 5.91 Å². The lowest BCUT2D eigenvalue weighted by molar-refractivity contribution is -0.138. The summed E-state index contributed by atoms with van der Waals surface area (Å²) in [5.41, 5.74) is 0.661. The molecule has 1 heterocycles. The maximum atomic E-state index is 12.5. The SMILES string of the molecule is O=C(Nc1ccc(Cl)cc1)[C@@H]1CCCN1C(=O)COc1ccccc1. The van der Waals surface area contributed by atoms with Crippen molar-refractivity contribution in [2.45, 2.75) is 18.9 Å². The van der Waals surface area contributed by atoms with E-state index >= 15 is 0 Å². The van der Waals surface area contributed by atoms with Crippen molar-refractivity contribution in [3.8, 4) is 5.75 Å². The molecule has 1 saturated heterocycles. The Kier molecular flexibility index (Phi) is 5.56. The molecule has 2 aromatic rings. The first kappa shape index (κ1) is 17.3. The van der Waals surface area contributed by atoms with E-state index in [-0.39, 0.29) is 18.4 Å². The van der Waals surface area contributed by atoms with E-state index in [0.29, 0.717) is 29.4 Å². The molecule has 0 unspecified atom stereocenters. The van der Waals surface area contributed by atoms with Crippen LogP contribution >= 0.6 is 11.6 Å². The summed E-state index contributed by atoms with van der Waals surface area (Å²) in [6.45, 7) is 0.491. The number of hydrogen-bond donors (Lipinski definition) is 1. The van der Waals surface area contributed by atoms with Crippen LogP contribution in [0, 0.1) is 0 Å². The van der Waals surface area contributed by atoms with E-state index in [2.05, 4.69) is 5.32 Å². The van der Waals surface area contributed by atoms with E-state index in [1.807, 2.05) is 18.2 Å². The molecule has 0 aliphatic carbocycles. The Morgan fingerprint density at radius 3 is 2.56 bits per heavy atom. The highest BCUT2D eigenvalue weighted by atomic mass is 35.5. The number of carbonyl (C=O) groups is 2. The molecule has 6 heteroatoms. The highest BCUT2D eigenvalue weighted by molar-refractivity contribution is 6.30. The summed E-state index contributed by atoms with van der Waals surface area (Å²) in [6, 6.07) is 15.6. The molecule has 1 aliphatic heterocycles. The third-order valence-corrected chi connectivity index (χ3v) is 4.35. The van der Waals surface area contributed by atoms with Gasteiger partial charge < -0.3 is 15.0 Å². The number of benzene rings is 2. The fourth-order valence-electron chi connectivity index (χ4n) is 2.84. The Hall–Kier alpha value is -2.53. The summed E-state index contributed by atoms with van der Waals surface area (Å²) in [4.78, 5) is 26.5. The van der Waals surface area contributed by atoms with Gasteiger partial charge in [0.2, 0.25) is 5.91 Å². The topological polar surface area (TPSA) is 58.6 Å². The summed E-state index contributed by atoms with van der Waals surface area (Å²) < 4.78 is 5.50. The van der Waals surface area contributed by atoms with Gasteiger partial charge in [-0.25, -0.2) is 0 Å². The molecule has 1 N–H and O–H groups in total. The second kappa shape index (κ2) is 8.03. The van der Waals surface area contributed by atoms with Crippen molar-refractivity contribution >= 4 is 29.1 Å². The Morgan fingerprint density at radius 2 is 1.84 bits per heavy atom. The van der Waals surface area contributed by atoms with Crippen molar-refractivity contribution in [3.63, 3.8) is 0 Å². The molecule has 0 radical (unpaired) electrons. The molecular weight excluding hydrogens is 340 g/mol. The predicted molar refractivity (Wildman–Crippen MR) is 96.8 cm³/mol. The number of amides is 2. The lowest BCUT2D eigenvalue weighted by Gasteiger charge is -2.24. The molecule has 1 fully saturated rings. The molecule has 2 amide bonds. The second-order valence-electron chi connectivity index (χ2n) is 5.84. The van der Waals surface area contributed by atoms with Crippen molar-refractivity contribution in [2.24, 2.45) is 0 Å². The zero-order chi connectivity index (χ0) is 17.6. The zero-order valence-electron chi connectivity index (χ0n) is 13.7. The lowest BCUT2D eigenvalue weighted by Crippen LogP contribution is -2.45. The summed E-state index contributed by atoms with van der Waals surface area (Å²) in [5, 5.41) is 3.44. The number of ether oxygens (including phenoxy) is 1. The van der Waals surface area contributed by atoms with Gasteiger partial charge in [-0.05, 0) is 49.2 Å². The smallest absolute Gasteiger partial charge is 0.261 e. The van der Waals surface area contributed by atoms with Gasteiger partial charge in [0.15, 0.2) is 6.61 Å². The zero-order valence-corrected chi connectivity index (χ0v) is 14.4. The number of para-hydroxylation sites is 1. The molecule has 5 nitrogen and oxygen atoms in total. The van der Waals surface area contributed by atoms with Crippen molar-refractivity contribution in [3.05, 3.63) is 59.6 Å². The van der Waals surface area contributed by atoms with Crippen molar-refractivity contribution < 1.29 is 14.3 Å². The number of hydrogen-bond acceptors (Lipinski definition) is 3. The van der Waals surface area contributed by atoms with Crippen LogP contribution in [0.15, 0.2) is 54.6 Å². The fourth-order valence-corrected chi connectivity index (χ4v) is 2.97. The Morgan fingerprint density at radius 1 is 1.12 bits per heavy atom. The average Bonchev–Trinajstić information content (AvgIpc) is 3.12. The normalized spacial score (nSPS) is 16.5. The fraction of sp³-hybridized carbons (Fsp3) is 0.263. The van der Waals surface area contributed by atoms with E-state index < -0.39 is 6.04 Å². The van der Waals surface area contributed by atoms with E-state index in [0.717, 1.165) is 6.42 Å². The van der Waals surface area contributed by atoms with Crippen molar-refractivity contribution in [1.29, 1.82) is 0 Å². The number of anilines is 1. The summed E-state index contributed by atoms with van der Waals surface area (Å²) in [5.74, 6) is 0.266. The number of carbonyl (C=O) groups excluding carboxylic acids is 2. The molecule has 3 rings (SSSR count). The summed E-state index contributed by atoms with van der Waals surface area (Å²) in [7, 11) is 0. The standard InChI is InChI=1S/C19H19ClN2O3/c20-14-8-10-15(11-9-14)21-19(24)17-7-4-12-22(17)18(23)13-25-16-5-2-1-3-6-16/h1-3,5-6,8-11,17H,4,7,12-13H2,(H,21,24)/t17-/m0/s1. The largest absolute Gasteiger partial charge is 0.484 e. The van der Waals surface area contributed by atoms with Gasteiger partial charge in [0, 0.05) is 17.3 Å². The van der Waals surface area contributed by atoms with Gasteiger partial charge >= 0.3 is 0 Å². The molecule has 25 heavy (non-hydrogen) atoms. The minimum atomic E-state index is -0.470. The second-order valence-corrected chi connectivity index (χ2v) is 6.28. The third-order valence-electron chi connectivity index (χ3n) is 4.09. The van der Waals surface area contributed by atoms with E-state index in [9.17, 15) is 9.59 Å². The molecule has 2 aromatic carbocycles. The van der Waals surface area contributed by atoms with Crippen LogP contribution in [0.4, 0.5) is 5.69 Å². The first-order chi connectivity index (χ1) is 12.1. The van der Waals surface area contributed by atoms with Crippen LogP contribution in [0.25, 0.3) is 0 Å². The number of halogens is 1. The van der Waals surface area contributed by atoms with Gasteiger partial charge in [0.05, 0.1) is 0 Å². The van der Waals surface area contributed by atoms with Gasteiger partial charge in [0.1, 0.15) is 11.8 Å². The molecule has 1 aliphatic rings. The van der Waals surface area contributed by atoms with Crippen LogP contribution in [0.2, 0.25) is 5.02 Å². The molecule has 130 valence electrons. The maximum Gasteiger partial charge on any atom is 0.261 e. The molecular formula is C19H19ClN2O3. The van der Waals surface area contributed by atoms with Crippen molar-refractivity contribution in [1.82, 2.24) is 4.90 Å². The predicted octanol–water partition coefficient (Wildman–Crippen LogP) is 3.35. The average molecular weight is 359 g/mol. The molecule has 0 bridgehead atoms. The van der Waals surface area contributed by atoms with E-state index in [1.165, 1.54) is 0 Å². The monoisotopic (exact) mass is 358 g/mol. The number of nitrogens with one attached hydrogen (secondary N) is 1. The van der Waals surface area contributed by atoms with Crippen LogP contribution in [-0.4, -0.2) is 35.9 Å². The first-order valence-corrected chi connectivity index (χ1v) is 8.55. The number of likely N-dealkylation sites (tertiary alicyclic amines) is 1. The molecule has 0 saturated carbocycles. The Bertz CT molecular complexity index is 734.